The fourth-order valence-corrected chi connectivity index (χ4v) is 2.84. The third-order valence-electron chi connectivity index (χ3n) is 3.86. The molecular formula is C17H14F3NO. The smallest absolute Gasteiger partial charge is 0.305 e. The molecule has 22 heavy (non-hydrogen) atoms. The van der Waals surface area contributed by atoms with Crippen LogP contribution >= 0.6 is 0 Å². The summed E-state index contributed by atoms with van der Waals surface area (Å²) in [5.41, 5.74) is 1.06. The van der Waals surface area contributed by atoms with Crippen LogP contribution in [0.5, 0.6) is 0 Å². The Morgan fingerprint density at radius 3 is 2.59 bits per heavy atom. The summed E-state index contributed by atoms with van der Waals surface area (Å²) in [5.74, 6) is -0.399. The lowest BCUT2D eigenvalue weighted by molar-refractivity contribution is -0.137. The molecule has 0 radical (unpaired) electrons. The molecule has 2 aromatic rings. The Morgan fingerprint density at radius 2 is 1.86 bits per heavy atom. The Kier molecular flexibility index (Phi) is 3.43. The van der Waals surface area contributed by atoms with Gasteiger partial charge < -0.3 is 4.90 Å². The van der Waals surface area contributed by atoms with E-state index in [1.165, 1.54) is 12.1 Å². The number of halogens is 3. The lowest BCUT2D eigenvalue weighted by Crippen LogP contribution is -2.35. The normalized spacial score (nSPS) is 17.5. The monoisotopic (exact) mass is 305 g/mol. The molecule has 1 heterocycles. The predicted molar refractivity (Wildman–Crippen MR) is 77.9 cm³/mol. The molecule has 0 spiro atoms. The molecule has 0 aromatic heterocycles. The van der Waals surface area contributed by atoms with Crippen molar-refractivity contribution in [2.45, 2.75) is 25.6 Å². The summed E-state index contributed by atoms with van der Waals surface area (Å²) in [6, 6.07) is 12.0. The zero-order chi connectivity index (χ0) is 15.9. The van der Waals surface area contributed by atoms with E-state index < -0.39 is 17.6 Å². The van der Waals surface area contributed by atoms with Crippen LogP contribution in [0.1, 0.15) is 28.4 Å². The first-order chi connectivity index (χ1) is 10.4. The average Bonchev–Trinajstić information content (AvgIpc) is 2.81. The molecule has 1 amide bonds. The Labute approximate surface area is 126 Å². The summed E-state index contributed by atoms with van der Waals surface area (Å²) in [7, 11) is 0. The van der Waals surface area contributed by atoms with Crippen LogP contribution < -0.4 is 4.90 Å². The first kappa shape index (κ1) is 14.6. The quantitative estimate of drug-likeness (QED) is 0.769. The van der Waals surface area contributed by atoms with E-state index in [1.807, 2.05) is 31.2 Å². The zero-order valence-corrected chi connectivity index (χ0v) is 11.9. The van der Waals surface area contributed by atoms with Gasteiger partial charge in [0.25, 0.3) is 5.91 Å². The number of amides is 1. The standard InChI is InChI=1S/C17H14F3NO/c1-11-9-12-5-2-3-8-15(12)21(11)16(22)13-6-4-7-14(10-13)17(18,19)20/h2-8,10-11H,9H2,1H3. The molecule has 0 fully saturated rings. The van der Waals surface area contributed by atoms with Gasteiger partial charge in [-0.1, -0.05) is 24.3 Å². The van der Waals surface area contributed by atoms with Crippen LogP contribution in [0.25, 0.3) is 0 Å². The van der Waals surface area contributed by atoms with E-state index in [4.69, 9.17) is 0 Å². The second kappa shape index (κ2) is 5.16. The van der Waals surface area contributed by atoms with Gasteiger partial charge in [0.15, 0.2) is 0 Å². The van der Waals surface area contributed by atoms with Gasteiger partial charge in [0, 0.05) is 17.3 Å². The number of benzene rings is 2. The maximum absolute atomic E-state index is 12.8. The number of nitrogens with zero attached hydrogens (tertiary/aromatic N) is 1. The molecule has 3 rings (SSSR count). The lowest BCUT2D eigenvalue weighted by Gasteiger charge is -2.23. The van der Waals surface area contributed by atoms with Crippen molar-refractivity contribution in [3.05, 3.63) is 65.2 Å². The van der Waals surface area contributed by atoms with E-state index in [2.05, 4.69) is 0 Å². The Hall–Kier alpha value is -2.30. The molecule has 1 aliphatic heterocycles. The van der Waals surface area contributed by atoms with Crippen molar-refractivity contribution in [2.75, 3.05) is 4.90 Å². The number of carbonyl (C=O) groups excluding carboxylic acids is 1. The summed E-state index contributed by atoms with van der Waals surface area (Å²) in [6.07, 6.45) is -3.74. The van der Waals surface area contributed by atoms with Crippen molar-refractivity contribution >= 4 is 11.6 Å². The van der Waals surface area contributed by atoms with Gasteiger partial charge in [-0.15, -0.1) is 0 Å². The van der Waals surface area contributed by atoms with Crippen molar-refractivity contribution in [3.8, 4) is 0 Å². The second-order valence-corrected chi connectivity index (χ2v) is 5.44. The SMILES string of the molecule is CC1Cc2ccccc2N1C(=O)c1cccc(C(F)(F)F)c1. The molecule has 1 unspecified atom stereocenters. The minimum absolute atomic E-state index is 0.0541. The number of rotatable bonds is 1. The number of carbonyl (C=O) groups is 1. The molecule has 114 valence electrons. The number of fused-ring (bicyclic) bond motifs is 1. The molecule has 0 saturated carbocycles. The summed E-state index contributed by atoms with van der Waals surface area (Å²) in [6.45, 7) is 1.89. The van der Waals surface area contributed by atoms with E-state index in [0.29, 0.717) is 6.42 Å². The van der Waals surface area contributed by atoms with Crippen molar-refractivity contribution < 1.29 is 18.0 Å². The minimum Gasteiger partial charge on any atom is -0.305 e. The highest BCUT2D eigenvalue weighted by atomic mass is 19.4. The average molecular weight is 305 g/mol. The second-order valence-electron chi connectivity index (χ2n) is 5.44. The van der Waals surface area contributed by atoms with Crippen LogP contribution in [0, 0.1) is 0 Å². The maximum atomic E-state index is 12.8. The van der Waals surface area contributed by atoms with E-state index in [1.54, 1.807) is 4.90 Å². The van der Waals surface area contributed by atoms with Crippen LogP contribution in [0.3, 0.4) is 0 Å². The topological polar surface area (TPSA) is 20.3 Å². The zero-order valence-electron chi connectivity index (χ0n) is 11.9. The van der Waals surface area contributed by atoms with Crippen LogP contribution in [0.15, 0.2) is 48.5 Å². The molecule has 2 nitrogen and oxygen atoms in total. The van der Waals surface area contributed by atoms with Gasteiger partial charge >= 0.3 is 6.18 Å². The van der Waals surface area contributed by atoms with Crippen molar-refractivity contribution in [2.24, 2.45) is 0 Å². The van der Waals surface area contributed by atoms with Gasteiger partial charge in [0.1, 0.15) is 0 Å². The number of hydrogen-bond acceptors (Lipinski definition) is 1. The molecular weight excluding hydrogens is 291 g/mol. The van der Waals surface area contributed by atoms with Crippen molar-refractivity contribution in [3.63, 3.8) is 0 Å². The predicted octanol–water partition coefficient (Wildman–Crippen LogP) is 4.30. The summed E-state index contributed by atoms with van der Waals surface area (Å²) in [5, 5.41) is 0. The van der Waals surface area contributed by atoms with E-state index >= 15 is 0 Å². The van der Waals surface area contributed by atoms with E-state index in [0.717, 1.165) is 23.4 Å². The minimum atomic E-state index is -4.45. The summed E-state index contributed by atoms with van der Waals surface area (Å²) in [4.78, 5) is 14.2. The first-order valence-electron chi connectivity index (χ1n) is 6.96. The third-order valence-corrected chi connectivity index (χ3v) is 3.86. The number of para-hydroxylation sites is 1. The van der Waals surface area contributed by atoms with E-state index in [9.17, 15) is 18.0 Å². The molecule has 5 heteroatoms. The van der Waals surface area contributed by atoms with E-state index in [-0.39, 0.29) is 11.6 Å². The van der Waals surface area contributed by atoms with Gasteiger partial charge in [-0.2, -0.15) is 13.2 Å². The number of alkyl halides is 3. The molecule has 0 aliphatic carbocycles. The molecule has 2 aromatic carbocycles. The Balaban J connectivity index is 1.98. The summed E-state index contributed by atoms with van der Waals surface area (Å²) < 4.78 is 38.4. The number of hydrogen-bond donors (Lipinski definition) is 0. The van der Waals surface area contributed by atoms with Gasteiger partial charge in [-0.05, 0) is 43.2 Å². The van der Waals surface area contributed by atoms with Crippen LogP contribution in [-0.2, 0) is 12.6 Å². The lowest BCUT2D eigenvalue weighted by atomic mass is 10.1. The highest BCUT2D eigenvalue weighted by molar-refractivity contribution is 6.07. The summed E-state index contributed by atoms with van der Waals surface area (Å²) >= 11 is 0. The maximum Gasteiger partial charge on any atom is 0.416 e. The molecule has 1 aliphatic rings. The largest absolute Gasteiger partial charge is 0.416 e. The van der Waals surface area contributed by atoms with Crippen LogP contribution in [-0.4, -0.2) is 11.9 Å². The third kappa shape index (κ3) is 2.47. The fraction of sp³-hybridized carbons (Fsp3) is 0.235. The fourth-order valence-electron chi connectivity index (χ4n) is 2.84. The van der Waals surface area contributed by atoms with Crippen molar-refractivity contribution in [1.29, 1.82) is 0 Å². The Morgan fingerprint density at radius 1 is 1.14 bits per heavy atom. The first-order valence-corrected chi connectivity index (χ1v) is 6.96. The molecule has 1 atom stereocenters. The molecule has 0 N–H and O–H groups in total. The molecule has 0 bridgehead atoms. The highest BCUT2D eigenvalue weighted by Gasteiger charge is 2.34. The highest BCUT2D eigenvalue weighted by Crippen LogP contribution is 2.34. The van der Waals surface area contributed by atoms with Gasteiger partial charge in [-0.25, -0.2) is 0 Å². The molecule has 0 saturated heterocycles. The van der Waals surface area contributed by atoms with Gasteiger partial charge in [0.2, 0.25) is 0 Å². The Bertz CT molecular complexity index is 724. The van der Waals surface area contributed by atoms with Gasteiger partial charge in [-0.3, -0.25) is 4.79 Å². The van der Waals surface area contributed by atoms with Crippen LogP contribution in [0.4, 0.5) is 18.9 Å². The van der Waals surface area contributed by atoms with Gasteiger partial charge in [0.05, 0.1) is 5.56 Å². The number of anilines is 1. The van der Waals surface area contributed by atoms with Crippen LogP contribution in [0.2, 0.25) is 0 Å². The van der Waals surface area contributed by atoms with Crippen molar-refractivity contribution in [1.82, 2.24) is 0 Å².